The molecule has 2 aliphatic rings. The average molecular weight is 233 g/mol. The molecule has 0 radical (unpaired) electrons. The van der Waals surface area contributed by atoms with Crippen LogP contribution in [0.15, 0.2) is 23.8 Å². The number of nitrogens with one attached hydrogen (secondary N) is 1. The summed E-state index contributed by atoms with van der Waals surface area (Å²) in [7, 11) is 0. The van der Waals surface area contributed by atoms with Gasteiger partial charge in [-0.2, -0.15) is 0 Å². The van der Waals surface area contributed by atoms with Crippen LogP contribution in [0.3, 0.4) is 0 Å². The lowest BCUT2D eigenvalue weighted by atomic mass is 9.76. The van der Waals surface area contributed by atoms with Gasteiger partial charge >= 0.3 is 0 Å². The van der Waals surface area contributed by atoms with Crippen molar-refractivity contribution in [2.24, 2.45) is 11.8 Å². The van der Waals surface area contributed by atoms with Crippen LogP contribution < -0.4 is 5.32 Å². The highest BCUT2D eigenvalue weighted by molar-refractivity contribution is 5.21. The van der Waals surface area contributed by atoms with E-state index in [1.165, 1.54) is 38.5 Å². The highest BCUT2D eigenvalue weighted by Gasteiger charge is 2.28. The number of hydrogen-bond acceptors (Lipinski definition) is 1. The summed E-state index contributed by atoms with van der Waals surface area (Å²) < 4.78 is 0. The van der Waals surface area contributed by atoms with Gasteiger partial charge in [-0.1, -0.05) is 36.5 Å². The Morgan fingerprint density at radius 3 is 3.00 bits per heavy atom. The van der Waals surface area contributed by atoms with Crippen LogP contribution in [0.4, 0.5) is 0 Å². The quantitative estimate of drug-likeness (QED) is 0.557. The Morgan fingerprint density at radius 2 is 2.18 bits per heavy atom. The number of fused-ring (bicyclic) bond motifs is 2. The predicted molar refractivity (Wildman–Crippen MR) is 75.1 cm³/mol. The Hall–Kier alpha value is -0.560. The van der Waals surface area contributed by atoms with Crippen LogP contribution in [-0.4, -0.2) is 13.1 Å². The summed E-state index contributed by atoms with van der Waals surface area (Å²) in [5.74, 6) is 1.90. The second kappa shape index (κ2) is 6.39. The lowest BCUT2D eigenvalue weighted by Crippen LogP contribution is -2.25. The van der Waals surface area contributed by atoms with Crippen molar-refractivity contribution in [1.82, 2.24) is 5.32 Å². The smallest absolute Gasteiger partial charge is 0.0167 e. The minimum Gasteiger partial charge on any atom is -0.313 e. The van der Waals surface area contributed by atoms with E-state index in [-0.39, 0.29) is 0 Å². The van der Waals surface area contributed by atoms with Gasteiger partial charge in [0.1, 0.15) is 0 Å². The van der Waals surface area contributed by atoms with E-state index in [0.29, 0.717) is 0 Å². The maximum atomic E-state index is 3.77. The first-order valence-electron chi connectivity index (χ1n) is 7.31. The van der Waals surface area contributed by atoms with Crippen molar-refractivity contribution in [2.75, 3.05) is 13.1 Å². The number of allylic oxidation sites excluding steroid dienone is 1. The molecule has 0 spiro atoms. The fraction of sp³-hybridized carbons (Fsp3) is 0.750. The molecule has 0 aliphatic heterocycles. The third-order valence-electron chi connectivity index (χ3n) is 4.60. The third kappa shape index (κ3) is 3.45. The molecule has 0 amide bonds. The topological polar surface area (TPSA) is 12.0 Å². The van der Waals surface area contributed by atoms with Crippen LogP contribution in [0.25, 0.3) is 0 Å². The summed E-state index contributed by atoms with van der Waals surface area (Å²) in [6.45, 7) is 8.35. The molecule has 1 heteroatoms. The second-order valence-electron chi connectivity index (χ2n) is 5.83. The minimum absolute atomic E-state index is 0.910. The van der Waals surface area contributed by atoms with E-state index in [4.69, 9.17) is 0 Å². The highest BCUT2D eigenvalue weighted by Crippen LogP contribution is 2.41. The molecule has 17 heavy (non-hydrogen) atoms. The molecule has 1 nitrogen and oxygen atoms in total. The van der Waals surface area contributed by atoms with Crippen molar-refractivity contribution in [2.45, 2.75) is 51.9 Å². The van der Waals surface area contributed by atoms with Gasteiger partial charge in [0.2, 0.25) is 0 Å². The maximum absolute atomic E-state index is 3.77. The summed E-state index contributed by atoms with van der Waals surface area (Å²) >= 11 is 0. The van der Waals surface area contributed by atoms with Crippen molar-refractivity contribution in [3.8, 4) is 0 Å². The average Bonchev–Trinajstić information content (AvgIpc) is 2.54. The van der Waals surface area contributed by atoms with Crippen molar-refractivity contribution in [1.29, 1.82) is 0 Å². The van der Waals surface area contributed by atoms with Gasteiger partial charge in [-0.15, -0.1) is 6.58 Å². The monoisotopic (exact) mass is 233 g/mol. The maximum Gasteiger partial charge on any atom is 0.0167 e. The van der Waals surface area contributed by atoms with E-state index in [2.05, 4.69) is 18.8 Å². The van der Waals surface area contributed by atoms with E-state index >= 15 is 0 Å². The van der Waals surface area contributed by atoms with Crippen molar-refractivity contribution >= 4 is 0 Å². The van der Waals surface area contributed by atoms with Crippen LogP contribution >= 0.6 is 0 Å². The fourth-order valence-electron chi connectivity index (χ4n) is 3.49. The summed E-state index contributed by atoms with van der Waals surface area (Å²) in [6.07, 6.45) is 11.7. The molecule has 0 aromatic rings. The van der Waals surface area contributed by atoms with Crippen LogP contribution in [-0.2, 0) is 0 Å². The van der Waals surface area contributed by atoms with E-state index in [1.807, 2.05) is 6.08 Å². The summed E-state index contributed by atoms with van der Waals surface area (Å²) in [5.41, 5.74) is 3.44. The van der Waals surface area contributed by atoms with Gasteiger partial charge in [0, 0.05) is 6.54 Å². The third-order valence-corrected chi connectivity index (χ3v) is 4.60. The molecule has 0 saturated heterocycles. The molecule has 1 N–H and O–H groups in total. The summed E-state index contributed by atoms with van der Waals surface area (Å²) in [6, 6.07) is 0. The first kappa shape index (κ1) is 12.9. The fourth-order valence-corrected chi connectivity index (χ4v) is 3.49. The molecule has 2 unspecified atom stereocenters. The van der Waals surface area contributed by atoms with Gasteiger partial charge in [-0.25, -0.2) is 0 Å². The zero-order valence-electron chi connectivity index (χ0n) is 11.3. The van der Waals surface area contributed by atoms with E-state index < -0.39 is 0 Å². The normalized spacial score (nSPS) is 29.0. The Kier molecular flexibility index (Phi) is 4.85. The summed E-state index contributed by atoms with van der Waals surface area (Å²) in [4.78, 5) is 0. The molecule has 1 saturated carbocycles. The van der Waals surface area contributed by atoms with Crippen LogP contribution in [0.2, 0.25) is 0 Å². The molecule has 0 aromatic heterocycles. The van der Waals surface area contributed by atoms with Crippen LogP contribution in [0.5, 0.6) is 0 Å². The standard InChI is InChI=1S/C16H27N/c1-3-4-9-17-12-16-11-14-7-5-6-8-15(10-14)13(16)2/h3,14-15,17H,1,4-12H2,2H3. The molecular formula is C16H27N. The molecule has 96 valence electrons. The van der Waals surface area contributed by atoms with Crippen LogP contribution in [0.1, 0.15) is 51.9 Å². The van der Waals surface area contributed by atoms with Crippen molar-refractivity contribution < 1.29 is 0 Å². The molecular weight excluding hydrogens is 206 g/mol. The van der Waals surface area contributed by atoms with Gasteiger partial charge < -0.3 is 5.32 Å². The molecule has 0 aromatic carbocycles. The highest BCUT2D eigenvalue weighted by atomic mass is 14.8. The Bertz CT molecular complexity index is 290. The lowest BCUT2D eigenvalue weighted by Gasteiger charge is -2.30. The first-order valence-corrected chi connectivity index (χ1v) is 7.31. The van der Waals surface area contributed by atoms with Gasteiger partial charge in [-0.05, 0) is 51.0 Å². The van der Waals surface area contributed by atoms with Gasteiger partial charge in [0.25, 0.3) is 0 Å². The van der Waals surface area contributed by atoms with Gasteiger partial charge in [0.05, 0.1) is 0 Å². The van der Waals surface area contributed by atoms with Gasteiger partial charge in [-0.3, -0.25) is 0 Å². The van der Waals surface area contributed by atoms with E-state index in [0.717, 1.165) is 31.3 Å². The molecule has 2 atom stereocenters. The number of hydrogen-bond donors (Lipinski definition) is 1. The zero-order valence-corrected chi connectivity index (χ0v) is 11.3. The van der Waals surface area contributed by atoms with Crippen molar-refractivity contribution in [3.05, 3.63) is 23.8 Å². The molecule has 1 fully saturated rings. The molecule has 0 heterocycles. The molecule has 2 rings (SSSR count). The van der Waals surface area contributed by atoms with Crippen molar-refractivity contribution in [3.63, 3.8) is 0 Å². The first-order chi connectivity index (χ1) is 8.31. The second-order valence-corrected chi connectivity index (χ2v) is 5.83. The van der Waals surface area contributed by atoms with Crippen LogP contribution in [0, 0.1) is 11.8 Å². The summed E-state index contributed by atoms with van der Waals surface area (Å²) in [5, 5.41) is 3.57. The Labute approximate surface area is 106 Å². The molecule has 2 bridgehead atoms. The van der Waals surface area contributed by atoms with Gasteiger partial charge in [0.15, 0.2) is 0 Å². The lowest BCUT2D eigenvalue weighted by molar-refractivity contribution is 0.371. The SMILES string of the molecule is C=CCCNCC1=C(C)C2CCCCC(C1)C2. The zero-order chi connectivity index (χ0) is 12.1. The van der Waals surface area contributed by atoms with E-state index in [1.54, 1.807) is 11.1 Å². The van der Waals surface area contributed by atoms with E-state index in [9.17, 15) is 0 Å². The number of rotatable bonds is 5. The Morgan fingerprint density at radius 1 is 1.35 bits per heavy atom. The largest absolute Gasteiger partial charge is 0.313 e. The molecule has 2 aliphatic carbocycles. The minimum atomic E-state index is 0.910. The predicted octanol–water partition coefficient (Wildman–Crippen LogP) is 4.07. The Balaban J connectivity index is 1.92.